The summed E-state index contributed by atoms with van der Waals surface area (Å²) in [5, 5.41) is 1.11. The molecule has 30 heavy (non-hydrogen) atoms. The first kappa shape index (κ1) is 19.9. The number of hydrogen-bond donors (Lipinski definition) is 0. The maximum absolute atomic E-state index is 6.35. The zero-order valence-electron chi connectivity index (χ0n) is 17.4. The Kier molecular flexibility index (Phi) is 5.95. The van der Waals surface area contributed by atoms with Crippen LogP contribution >= 0.6 is 11.3 Å². The highest BCUT2D eigenvalue weighted by Gasteiger charge is 2.24. The fourth-order valence-electron chi connectivity index (χ4n) is 4.16. The number of thiophene rings is 1. The van der Waals surface area contributed by atoms with Crippen molar-refractivity contribution in [2.75, 3.05) is 40.0 Å². The number of benzene rings is 1. The van der Waals surface area contributed by atoms with Crippen LogP contribution in [0.3, 0.4) is 0 Å². The van der Waals surface area contributed by atoms with E-state index in [2.05, 4.69) is 17.0 Å². The molecule has 3 aromatic rings. The maximum atomic E-state index is 6.35. The Morgan fingerprint density at radius 3 is 2.73 bits per heavy atom. The van der Waals surface area contributed by atoms with Gasteiger partial charge in [-0.15, -0.1) is 11.3 Å². The van der Waals surface area contributed by atoms with E-state index in [9.17, 15) is 0 Å². The second-order valence-electron chi connectivity index (χ2n) is 7.86. The summed E-state index contributed by atoms with van der Waals surface area (Å²) in [5.41, 5.74) is 2.63. The molecule has 0 radical (unpaired) electrons. The quantitative estimate of drug-likeness (QED) is 0.570. The van der Waals surface area contributed by atoms with Crippen LogP contribution in [0.2, 0.25) is 0 Å². The summed E-state index contributed by atoms with van der Waals surface area (Å²) in [7, 11) is 1.73. The molecule has 1 fully saturated rings. The third-order valence-electron chi connectivity index (χ3n) is 5.78. The van der Waals surface area contributed by atoms with Crippen molar-refractivity contribution in [3.63, 3.8) is 0 Å². The van der Waals surface area contributed by atoms with E-state index in [0.717, 1.165) is 80.5 Å². The number of methoxy groups -OCH3 is 1. The zero-order valence-corrected chi connectivity index (χ0v) is 18.2. The first-order chi connectivity index (χ1) is 14.8. The Balaban J connectivity index is 1.45. The highest BCUT2D eigenvalue weighted by molar-refractivity contribution is 7.19. The molecule has 1 aliphatic carbocycles. The number of aromatic nitrogens is 2. The number of fused-ring (bicyclic) bond motifs is 3. The lowest BCUT2D eigenvalue weighted by Gasteiger charge is -2.25. The molecule has 0 unspecified atom stereocenters. The van der Waals surface area contributed by atoms with Crippen LogP contribution in [-0.4, -0.2) is 54.9 Å². The number of rotatable bonds is 7. The average molecular weight is 426 g/mol. The van der Waals surface area contributed by atoms with Crippen molar-refractivity contribution in [3.05, 3.63) is 46.1 Å². The molecular formula is C23H27N3O3S. The molecule has 0 atom stereocenters. The molecule has 5 rings (SSSR count). The van der Waals surface area contributed by atoms with Gasteiger partial charge in [-0.2, -0.15) is 4.98 Å². The summed E-state index contributed by atoms with van der Waals surface area (Å²) in [6.07, 6.45) is 4.34. The van der Waals surface area contributed by atoms with E-state index in [1.165, 1.54) is 22.4 Å². The van der Waals surface area contributed by atoms with Gasteiger partial charge in [-0.3, -0.25) is 4.90 Å². The molecule has 1 aliphatic heterocycles. The van der Waals surface area contributed by atoms with Crippen LogP contribution in [0.4, 0.5) is 0 Å². The van der Waals surface area contributed by atoms with Gasteiger partial charge in [0.2, 0.25) is 5.88 Å². The molecule has 2 aliphatic rings. The lowest BCUT2D eigenvalue weighted by Crippen LogP contribution is -2.36. The van der Waals surface area contributed by atoms with Crippen molar-refractivity contribution < 1.29 is 14.2 Å². The van der Waals surface area contributed by atoms with Gasteiger partial charge in [-0.1, -0.05) is 12.1 Å². The zero-order chi connectivity index (χ0) is 20.3. The molecule has 0 spiro atoms. The summed E-state index contributed by atoms with van der Waals surface area (Å²) < 4.78 is 17.0. The number of nitrogens with zero attached hydrogens (tertiary/aromatic N) is 3. The highest BCUT2D eigenvalue weighted by atomic mass is 32.1. The number of ether oxygens (including phenoxy) is 3. The van der Waals surface area contributed by atoms with Gasteiger partial charge < -0.3 is 14.2 Å². The lowest BCUT2D eigenvalue weighted by molar-refractivity contribution is 0.0330. The Morgan fingerprint density at radius 1 is 1.10 bits per heavy atom. The number of morpholine rings is 1. The van der Waals surface area contributed by atoms with Crippen LogP contribution in [0.25, 0.3) is 10.2 Å². The van der Waals surface area contributed by atoms with Gasteiger partial charge in [0, 0.05) is 25.1 Å². The van der Waals surface area contributed by atoms with Crippen molar-refractivity contribution in [1.29, 1.82) is 0 Å². The molecule has 1 aromatic carbocycles. The Morgan fingerprint density at radius 2 is 1.93 bits per heavy atom. The summed E-state index contributed by atoms with van der Waals surface area (Å²) in [6, 6.07) is 8.24. The van der Waals surface area contributed by atoms with E-state index >= 15 is 0 Å². The molecule has 0 saturated carbocycles. The van der Waals surface area contributed by atoms with Crippen LogP contribution in [0.1, 0.15) is 28.2 Å². The van der Waals surface area contributed by atoms with Gasteiger partial charge in [-0.25, -0.2) is 4.98 Å². The third kappa shape index (κ3) is 4.21. The number of aryl methyl sites for hydroxylation is 2. The van der Waals surface area contributed by atoms with E-state index in [0.29, 0.717) is 5.88 Å². The molecule has 3 heterocycles. The molecule has 6 nitrogen and oxygen atoms in total. The predicted octanol–water partition coefficient (Wildman–Crippen LogP) is 3.99. The van der Waals surface area contributed by atoms with Gasteiger partial charge in [0.25, 0.3) is 0 Å². The number of hydrogen-bond acceptors (Lipinski definition) is 7. The predicted molar refractivity (Wildman–Crippen MR) is 118 cm³/mol. The average Bonchev–Trinajstić information content (AvgIpc) is 3.35. The molecule has 2 aromatic heterocycles. The van der Waals surface area contributed by atoms with Crippen molar-refractivity contribution in [2.45, 2.75) is 32.2 Å². The minimum atomic E-state index is 0.701. The van der Waals surface area contributed by atoms with Gasteiger partial charge >= 0.3 is 0 Å². The van der Waals surface area contributed by atoms with Crippen LogP contribution in [-0.2, 0) is 35.3 Å². The van der Waals surface area contributed by atoms with Crippen molar-refractivity contribution >= 4 is 21.6 Å². The molecular weight excluding hydrogens is 398 g/mol. The van der Waals surface area contributed by atoms with Crippen molar-refractivity contribution in [2.24, 2.45) is 0 Å². The summed E-state index contributed by atoms with van der Waals surface area (Å²) in [6.45, 7) is 4.83. The molecule has 158 valence electrons. The van der Waals surface area contributed by atoms with Crippen LogP contribution < -0.4 is 4.74 Å². The van der Waals surface area contributed by atoms with Gasteiger partial charge in [-0.05, 0) is 48.9 Å². The van der Waals surface area contributed by atoms with E-state index in [1.807, 2.05) is 23.5 Å². The third-order valence-corrected chi connectivity index (χ3v) is 6.96. The highest BCUT2D eigenvalue weighted by Crippen LogP contribution is 2.41. The van der Waals surface area contributed by atoms with Crippen molar-refractivity contribution in [3.8, 4) is 11.6 Å². The lowest BCUT2D eigenvalue weighted by atomic mass is 10.1. The normalized spacial score (nSPS) is 16.8. The Labute approximate surface area is 180 Å². The second kappa shape index (κ2) is 8.98. The van der Waals surface area contributed by atoms with Crippen LogP contribution in [0.5, 0.6) is 11.6 Å². The fourth-order valence-corrected chi connectivity index (χ4v) is 5.43. The monoisotopic (exact) mass is 425 g/mol. The standard InChI is InChI=1S/C23H27N3O3S/c1-27-12-9-16-5-7-17(8-6-16)29-22-21-18-3-2-4-19(18)30-23(21)25-20(24-22)15-26-10-13-28-14-11-26/h5-8H,2-4,9-15H2,1H3. The minimum Gasteiger partial charge on any atom is -0.438 e. The smallest absolute Gasteiger partial charge is 0.231 e. The summed E-state index contributed by atoms with van der Waals surface area (Å²) in [5.74, 6) is 2.34. The molecule has 0 bridgehead atoms. The maximum Gasteiger partial charge on any atom is 0.231 e. The van der Waals surface area contributed by atoms with Gasteiger partial charge in [0.05, 0.1) is 31.8 Å². The summed E-state index contributed by atoms with van der Waals surface area (Å²) in [4.78, 5) is 14.7. The Bertz CT molecular complexity index is 1010. The van der Waals surface area contributed by atoms with E-state index in [4.69, 9.17) is 24.2 Å². The Hall–Kier alpha value is -2.06. The van der Waals surface area contributed by atoms with E-state index in [1.54, 1.807) is 7.11 Å². The fraction of sp³-hybridized carbons (Fsp3) is 0.478. The molecule has 0 N–H and O–H groups in total. The molecule has 0 amide bonds. The first-order valence-electron chi connectivity index (χ1n) is 10.7. The SMILES string of the molecule is COCCc1ccc(Oc2nc(CN3CCOCC3)nc3sc4c(c23)CCC4)cc1. The second-order valence-corrected chi connectivity index (χ2v) is 8.94. The van der Waals surface area contributed by atoms with E-state index in [-0.39, 0.29) is 0 Å². The topological polar surface area (TPSA) is 56.7 Å². The minimum absolute atomic E-state index is 0.701. The van der Waals surface area contributed by atoms with Gasteiger partial charge in [0.1, 0.15) is 16.4 Å². The van der Waals surface area contributed by atoms with Crippen LogP contribution in [0.15, 0.2) is 24.3 Å². The largest absolute Gasteiger partial charge is 0.438 e. The summed E-state index contributed by atoms with van der Waals surface area (Å²) >= 11 is 1.81. The molecule has 7 heteroatoms. The first-order valence-corrected chi connectivity index (χ1v) is 11.5. The van der Waals surface area contributed by atoms with Crippen LogP contribution in [0, 0.1) is 0 Å². The van der Waals surface area contributed by atoms with E-state index < -0.39 is 0 Å². The van der Waals surface area contributed by atoms with Gasteiger partial charge in [0.15, 0.2) is 0 Å². The van der Waals surface area contributed by atoms with Crippen molar-refractivity contribution in [1.82, 2.24) is 14.9 Å². The molecule has 1 saturated heterocycles.